The highest BCUT2D eigenvalue weighted by atomic mass is 16.3. The van der Waals surface area contributed by atoms with E-state index in [1.807, 2.05) is 0 Å². The van der Waals surface area contributed by atoms with E-state index in [-0.39, 0.29) is 23.5 Å². The Morgan fingerprint density at radius 3 is 2.32 bits per heavy atom. The Kier molecular flexibility index (Phi) is 5.69. The van der Waals surface area contributed by atoms with E-state index in [4.69, 9.17) is 9.40 Å². The first-order valence-electron chi connectivity index (χ1n) is 19.8. The molecule has 2 atom stereocenters. The fourth-order valence-electron chi connectivity index (χ4n) is 11.2. The number of benzene rings is 7. The van der Waals surface area contributed by atoms with Gasteiger partial charge in [0, 0.05) is 44.1 Å². The van der Waals surface area contributed by atoms with Gasteiger partial charge in [-0.15, -0.1) is 0 Å². The van der Waals surface area contributed by atoms with Gasteiger partial charge in [0.15, 0.2) is 0 Å². The largest absolute Gasteiger partial charge is 0.456 e. The second-order valence-electron chi connectivity index (χ2n) is 16.8. The van der Waals surface area contributed by atoms with Crippen molar-refractivity contribution in [2.45, 2.75) is 20.8 Å². The molecule has 0 spiro atoms. The maximum atomic E-state index is 6.57. The molecule has 13 rings (SSSR count). The Bertz CT molecular complexity index is 3480. The molecule has 0 fully saturated rings. The Hall–Kier alpha value is -6.59. The Morgan fingerprint density at radius 2 is 1.43 bits per heavy atom. The molecule has 4 heterocycles. The van der Waals surface area contributed by atoms with Crippen LogP contribution in [0.4, 0.5) is 0 Å². The molecular formula is C51H36BN3O. The van der Waals surface area contributed by atoms with Crippen molar-refractivity contribution in [3.8, 4) is 11.1 Å². The molecule has 3 aromatic heterocycles. The summed E-state index contributed by atoms with van der Waals surface area (Å²) in [6.07, 6.45) is 9.46. The van der Waals surface area contributed by atoms with E-state index in [1.165, 1.54) is 76.6 Å². The molecule has 0 saturated heterocycles. The van der Waals surface area contributed by atoms with Crippen molar-refractivity contribution in [3.63, 3.8) is 0 Å². The summed E-state index contributed by atoms with van der Waals surface area (Å²) in [4.78, 5) is 5.83. The van der Waals surface area contributed by atoms with Crippen molar-refractivity contribution < 1.29 is 4.42 Å². The summed E-state index contributed by atoms with van der Waals surface area (Å²) in [5, 5.41) is 7.23. The van der Waals surface area contributed by atoms with E-state index in [1.54, 1.807) is 0 Å². The molecule has 0 bridgehead atoms. The summed E-state index contributed by atoms with van der Waals surface area (Å²) >= 11 is 0. The summed E-state index contributed by atoms with van der Waals surface area (Å²) in [6.45, 7) is 7.44. The molecule has 2 unspecified atom stereocenters. The lowest BCUT2D eigenvalue weighted by Crippen LogP contribution is -2.52. The zero-order valence-corrected chi connectivity index (χ0v) is 31.4. The average Bonchev–Trinajstić information content (AvgIpc) is 3.87. The molecule has 5 heteroatoms. The number of aromatic nitrogens is 3. The van der Waals surface area contributed by atoms with Crippen molar-refractivity contribution in [2.75, 3.05) is 0 Å². The Balaban J connectivity index is 1.28. The van der Waals surface area contributed by atoms with Crippen molar-refractivity contribution >= 4 is 94.7 Å². The van der Waals surface area contributed by atoms with Gasteiger partial charge in [0.1, 0.15) is 11.2 Å². The molecule has 10 aromatic rings. The molecule has 7 aromatic carbocycles. The fraction of sp³-hybridized carbons (Fsp3) is 0.118. The van der Waals surface area contributed by atoms with Crippen LogP contribution in [-0.2, 0) is 0 Å². The molecule has 2 aliphatic carbocycles. The lowest BCUT2D eigenvalue weighted by Gasteiger charge is -2.43. The van der Waals surface area contributed by atoms with Crippen LogP contribution in [0.3, 0.4) is 0 Å². The van der Waals surface area contributed by atoms with Crippen molar-refractivity contribution in [1.29, 1.82) is 0 Å². The third-order valence-electron chi connectivity index (χ3n) is 14.1. The number of fused-ring (bicyclic) bond motifs is 13. The first-order chi connectivity index (χ1) is 27.4. The number of allylic oxidation sites excluding steroid dienone is 6. The quantitative estimate of drug-likeness (QED) is 0.167. The monoisotopic (exact) mass is 717 g/mol. The SMILES string of the molecule is CC1(C)C2=C(C3C=CC=CC31C)n1c3c(ccc4cccc(c43)n3c4c(-c5ccccc5)cc5ccccc5c4nc13)B2c1cccc2oc3ccccc3c12. The highest BCUT2D eigenvalue weighted by Gasteiger charge is 2.59. The second-order valence-corrected chi connectivity index (χ2v) is 16.8. The third-order valence-corrected chi connectivity index (χ3v) is 14.1. The van der Waals surface area contributed by atoms with Crippen LogP contribution in [0, 0.1) is 16.7 Å². The first-order valence-corrected chi connectivity index (χ1v) is 19.8. The number of para-hydroxylation sites is 1. The maximum absolute atomic E-state index is 6.57. The van der Waals surface area contributed by atoms with Gasteiger partial charge in [-0.25, -0.2) is 4.98 Å². The van der Waals surface area contributed by atoms with Crippen molar-refractivity contribution in [1.82, 2.24) is 14.0 Å². The van der Waals surface area contributed by atoms with E-state index >= 15 is 0 Å². The minimum absolute atomic E-state index is 0.00530. The van der Waals surface area contributed by atoms with Gasteiger partial charge in [-0.2, -0.15) is 0 Å². The minimum Gasteiger partial charge on any atom is -0.456 e. The molecule has 56 heavy (non-hydrogen) atoms. The van der Waals surface area contributed by atoms with Gasteiger partial charge in [-0.3, -0.25) is 8.97 Å². The Morgan fingerprint density at radius 1 is 0.661 bits per heavy atom. The second kappa shape index (κ2) is 10.4. The molecule has 0 N–H and O–H groups in total. The standard InChI is InChI=1S/C51H36BN3O/c1-50(2)48-46(36-21-11-12-28-51(36,50)3)55-47-38(52(48)37-22-14-25-41-43(37)34-20-9-10-24-40(34)56-41)27-26-31-18-13-23-39(42(31)47)54-45-35(30-15-5-4-6-16-30)29-32-17-7-8-19-33(32)44(45)53-49(54)55/h4-29,36H,1-3H3. The van der Waals surface area contributed by atoms with Gasteiger partial charge >= 0.3 is 0 Å². The summed E-state index contributed by atoms with van der Waals surface area (Å²) in [6, 6.07) is 48.7. The van der Waals surface area contributed by atoms with Crippen LogP contribution in [0.1, 0.15) is 20.8 Å². The summed E-state index contributed by atoms with van der Waals surface area (Å²) in [7, 11) is 0. The first kappa shape index (κ1) is 30.7. The molecule has 4 nitrogen and oxygen atoms in total. The van der Waals surface area contributed by atoms with E-state index in [0.717, 1.165) is 28.0 Å². The van der Waals surface area contributed by atoms with Gasteiger partial charge in [0.2, 0.25) is 12.5 Å². The Labute approximate surface area is 323 Å². The highest BCUT2D eigenvalue weighted by molar-refractivity contribution is 6.95. The van der Waals surface area contributed by atoms with Crippen molar-refractivity contribution in [2.24, 2.45) is 16.7 Å². The lowest BCUT2D eigenvalue weighted by molar-refractivity contribution is 0.188. The predicted molar refractivity (Wildman–Crippen MR) is 234 cm³/mol. The minimum atomic E-state index is -0.219. The van der Waals surface area contributed by atoms with Crippen LogP contribution in [0.2, 0.25) is 0 Å². The van der Waals surface area contributed by atoms with Crippen LogP contribution in [0.15, 0.2) is 168 Å². The lowest BCUT2D eigenvalue weighted by atomic mass is 9.31. The average molecular weight is 718 g/mol. The molecular weight excluding hydrogens is 681 g/mol. The van der Waals surface area contributed by atoms with Crippen LogP contribution < -0.4 is 10.9 Å². The number of nitrogens with zero attached hydrogens (tertiary/aromatic N) is 3. The number of furan rings is 1. The van der Waals surface area contributed by atoms with Gasteiger partial charge in [-0.05, 0) is 51.5 Å². The summed E-state index contributed by atoms with van der Waals surface area (Å²) in [5.74, 6) is 1.09. The van der Waals surface area contributed by atoms with Crippen LogP contribution >= 0.6 is 0 Å². The number of imidazole rings is 1. The van der Waals surface area contributed by atoms with E-state index < -0.39 is 0 Å². The molecule has 0 radical (unpaired) electrons. The zero-order chi connectivity index (χ0) is 37.1. The topological polar surface area (TPSA) is 35.4 Å². The zero-order valence-electron chi connectivity index (χ0n) is 31.4. The predicted octanol–water partition coefficient (Wildman–Crippen LogP) is 11.5. The summed E-state index contributed by atoms with van der Waals surface area (Å²) < 4.78 is 11.7. The normalized spacial score (nSPS) is 19.8. The van der Waals surface area contributed by atoms with E-state index in [9.17, 15) is 0 Å². The third kappa shape index (κ3) is 3.56. The van der Waals surface area contributed by atoms with Crippen LogP contribution in [0.5, 0.6) is 0 Å². The van der Waals surface area contributed by atoms with Crippen molar-refractivity contribution in [3.05, 3.63) is 163 Å². The molecule has 1 aliphatic heterocycles. The maximum Gasteiger partial charge on any atom is 0.243 e. The van der Waals surface area contributed by atoms with Gasteiger partial charge < -0.3 is 4.42 Å². The smallest absolute Gasteiger partial charge is 0.243 e. The van der Waals surface area contributed by atoms with Crippen LogP contribution in [-0.4, -0.2) is 20.7 Å². The van der Waals surface area contributed by atoms with Gasteiger partial charge in [-0.1, -0.05) is 165 Å². The number of rotatable bonds is 2. The number of hydrogen-bond donors (Lipinski definition) is 0. The van der Waals surface area contributed by atoms with E-state index in [0.29, 0.717) is 0 Å². The molecule has 3 aliphatic rings. The van der Waals surface area contributed by atoms with Crippen LogP contribution in [0.25, 0.3) is 88.2 Å². The molecule has 0 saturated carbocycles. The molecule has 264 valence electrons. The fourth-order valence-corrected chi connectivity index (χ4v) is 11.2. The van der Waals surface area contributed by atoms with E-state index in [2.05, 4.69) is 188 Å². The highest BCUT2D eigenvalue weighted by Crippen LogP contribution is 2.64. The molecule has 0 amide bonds. The number of hydrogen-bond acceptors (Lipinski definition) is 2. The van der Waals surface area contributed by atoms with Gasteiger partial charge in [0.25, 0.3) is 0 Å². The summed E-state index contributed by atoms with van der Waals surface area (Å²) in [5.41, 5.74) is 13.9. The van der Waals surface area contributed by atoms with Gasteiger partial charge in [0.05, 0.1) is 22.1 Å².